The van der Waals surface area contributed by atoms with E-state index in [4.69, 9.17) is 4.74 Å². The smallest absolute Gasteiger partial charge is 0.267 e. The second kappa shape index (κ2) is 6.79. The van der Waals surface area contributed by atoms with Gasteiger partial charge in [0.1, 0.15) is 5.75 Å². The third kappa shape index (κ3) is 3.68. The van der Waals surface area contributed by atoms with Gasteiger partial charge in [0, 0.05) is 16.1 Å². The fourth-order valence-corrected chi connectivity index (χ4v) is 2.51. The molecule has 116 valence electrons. The molecule has 2 aromatic carbocycles. The fourth-order valence-electron chi connectivity index (χ4n) is 2.24. The maximum Gasteiger partial charge on any atom is 0.267 e. The van der Waals surface area contributed by atoms with E-state index < -0.39 is 0 Å². The van der Waals surface area contributed by atoms with Crippen LogP contribution in [0.2, 0.25) is 0 Å². The molecule has 0 radical (unpaired) electrons. The zero-order valence-corrected chi connectivity index (χ0v) is 14.2. The number of aromatic nitrogens is 2. The molecule has 0 unspecified atom stereocenters. The van der Waals surface area contributed by atoms with Crippen LogP contribution in [-0.2, 0) is 6.54 Å². The Labute approximate surface area is 142 Å². The summed E-state index contributed by atoms with van der Waals surface area (Å²) in [7, 11) is 1.63. The third-order valence-corrected chi connectivity index (χ3v) is 4.03. The van der Waals surface area contributed by atoms with Gasteiger partial charge in [0.25, 0.3) is 5.56 Å². The van der Waals surface area contributed by atoms with Gasteiger partial charge in [-0.2, -0.15) is 5.10 Å². The average Bonchev–Trinajstić information content (AvgIpc) is 2.58. The molecule has 0 aliphatic heterocycles. The molecule has 5 heteroatoms. The number of ether oxygens (including phenoxy) is 1. The maximum absolute atomic E-state index is 12.1. The van der Waals surface area contributed by atoms with Gasteiger partial charge >= 0.3 is 0 Å². The lowest BCUT2D eigenvalue weighted by atomic mass is 10.1. The first-order valence-corrected chi connectivity index (χ1v) is 7.92. The second-order valence-corrected chi connectivity index (χ2v) is 5.99. The number of rotatable bonds is 4. The zero-order valence-electron chi connectivity index (χ0n) is 12.6. The van der Waals surface area contributed by atoms with Crippen molar-refractivity contribution in [2.24, 2.45) is 0 Å². The van der Waals surface area contributed by atoms with Crippen molar-refractivity contribution < 1.29 is 4.74 Å². The van der Waals surface area contributed by atoms with Crippen LogP contribution in [0, 0.1) is 0 Å². The first kappa shape index (κ1) is 15.5. The third-order valence-electron chi connectivity index (χ3n) is 3.50. The zero-order chi connectivity index (χ0) is 16.2. The van der Waals surface area contributed by atoms with Crippen molar-refractivity contribution in [2.45, 2.75) is 6.54 Å². The van der Waals surface area contributed by atoms with Crippen LogP contribution in [0.1, 0.15) is 5.56 Å². The Morgan fingerprint density at radius 1 is 1.00 bits per heavy atom. The molecule has 0 amide bonds. The van der Waals surface area contributed by atoms with Gasteiger partial charge in [-0.05, 0) is 35.9 Å². The molecule has 0 fully saturated rings. The van der Waals surface area contributed by atoms with Crippen LogP contribution in [0.15, 0.2) is 69.9 Å². The Balaban J connectivity index is 1.91. The Kier molecular flexibility index (Phi) is 4.57. The van der Waals surface area contributed by atoms with Crippen LogP contribution in [0.5, 0.6) is 5.75 Å². The molecular formula is C18H15BrN2O2. The molecule has 4 nitrogen and oxygen atoms in total. The van der Waals surface area contributed by atoms with E-state index in [1.54, 1.807) is 19.2 Å². The highest BCUT2D eigenvalue weighted by molar-refractivity contribution is 9.10. The van der Waals surface area contributed by atoms with Crippen molar-refractivity contribution in [3.63, 3.8) is 0 Å². The van der Waals surface area contributed by atoms with Crippen LogP contribution in [0.4, 0.5) is 0 Å². The summed E-state index contributed by atoms with van der Waals surface area (Å²) in [6.07, 6.45) is 0. The van der Waals surface area contributed by atoms with E-state index in [1.807, 2.05) is 48.5 Å². The lowest BCUT2D eigenvalue weighted by molar-refractivity contribution is 0.414. The summed E-state index contributed by atoms with van der Waals surface area (Å²) in [5.41, 5.74) is 2.61. The van der Waals surface area contributed by atoms with Gasteiger partial charge in [-0.3, -0.25) is 4.79 Å². The Morgan fingerprint density at radius 2 is 1.70 bits per heavy atom. The molecule has 0 saturated heterocycles. The number of hydrogen-bond acceptors (Lipinski definition) is 3. The van der Waals surface area contributed by atoms with Gasteiger partial charge in [0.05, 0.1) is 19.3 Å². The molecule has 0 spiro atoms. The van der Waals surface area contributed by atoms with Gasteiger partial charge in [0.15, 0.2) is 0 Å². The van der Waals surface area contributed by atoms with E-state index in [0.29, 0.717) is 6.54 Å². The van der Waals surface area contributed by atoms with Crippen LogP contribution in [0.3, 0.4) is 0 Å². The molecule has 3 rings (SSSR count). The van der Waals surface area contributed by atoms with Gasteiger partial charge < -0.3 is 4.74 Å². The van der Waals surface area contributed by atoms with Crippen molar-refractivity contribution in [1.82, 2.24) is 9.78 Å². The van der Waals surface area contributed by atoms with E-state index >= 15 is 0 Å². The van der Waals surface area contributed by atoms with Crippen molar-refractivity contribution in [2.75, 3.05) is 7.11 Å². The minimum absolute atomic E-state index is 0.123. The fraction of sp³-hybridized carbons (Fsp3) is 0.111. The average molecular weight is 371 g/mol. The molecule has 0 bridgehead atoms. The molecule has 0 aliphatic carbocycles. The number of benzene rings is 2. The van der Waals surface area contributed by atoms with E-state index in [-0.39, 0.29) is 5.56 Å². The SMILES string of the molecule is COc1ccc(Cn2nc(-c3ccc(Br)cc3)ccc2=O)cc1. The molecule has 0 aliphatic rings. The van der Waals surface area contributed by atoms with Crippen LogP contribution in [-0.4, -0.2) is 16.9 Å². The van der Waals surface area contributed by atoms with Crippen LogP contribution in [0.25, 0.3) is 11.3 Å². The number of halogens is 1. The molecule has 0 N–H and O–H groups in total. The summed E-state index contributed by atoms with van der Waals surface area (Å²) in [5.74, 6) is 0.790. The standard InChI is InChI=1S/C18H15BrN2O2/c1-23-16-8-2-13(3-9-16)12-21-18(22)11-10-17(20-21)14-4-6-15(19)7-5-14/h2-11H,12H2,1H3. The highest BCUT2D eigenvalue weighted by atomic mass is 79.9. The summed E-state index contributed by atoms with van der Waals surface area (Å²) >= 11 is 3.41. The highest BCUT2D eigenvalue weighted by Crippen LogP contribution is 2.19. The molecule has 3 aromatic rings. The molecule has 1 heterocycles. The monoisotopic (exact) mass is 370 g/mol. The van der Waals surface area contributed by atoms with Crippen molar-refractivity contribution in [3.05, 3.63) is 81.1 Å². The van der Waals surface area contributed by atoms with E-state index in [2.05, 4.69) is 21.0 Å². The lowest BCUT2D eigenvalue weighted by Gasteiger charge is -2.08. The number of nitrogens with zero attached hydrogens (tertiary/aromatic N) is 2. The van der Waals surface area contributed by atoms with Gasteiger partial charge in [0.2, 0.25) is 0 Å². The minimum Gasteiger partial charge on any atom is -0.497 e. The summed E-state index contributed by atoms with van der Waals surface area (Å²) in [6, 6.07) is 18.7. The van der Waals surface area contributed by atoms with Crippen LogP contribution >= 0.6 is 15.9 Å². The molecule has 23 heavy (non-hydrogen) atoms. The molecule has 0 atom stereocenters. The van der Waals surface area contributed by atoms with Gasteiger partial charge in [-0.1, -0.05) is 40.2 Å². The first-order valence-electron chi connectivity index (χ1n) is 7.13. The lowest BCUT2D eigenvalue weighted by Crippen LogP contribution is -2.22. The van der Waals surface area contributed by atoms with Gasteiger partial charge in [-0.25, -0.2) is 4.68 Å². The number of methoxy groups -OCH3 is 1. The first-order chi connectivity index (χ1) is 11.2. The maximum atomic E-state index is 12.1. The molecular weight excluding hydrogens is 356 g/mol. The van der Waals surface area contributed by atoms with Crippen molar-refractivity contribution >= 4 is 15.9 Å². The summed E-state index contributed by atoms with van der Waals surface area (Å²) in [5, 5.41) is 4.47. The summed E-state index contributed by atoms with van der Waals surface area (Å²) < 4.78 is 7.62. The van der Waals surface area contributed by atoms with Crippen molar-refractivity contribution in [3.8, 4) is 17.0 Å². The van der Waals surface area contributed by atoms with E-state index in [1.165, 1.54) is 4.68 Å². The van der Waals surface area contributed by atoms with E-state index in [9.17, 15) is 4.79 Å². The normalized spacial score (nSPS) is 10.5. The highest BCUT2D eigenvalue weighted by Gasteiger charge is 2.05. The topological polar surface area (TPSA) is 44.1 Å². The van der Waals surface area contributed by atoms with Crippen molar-refractivity contribution in [1.29, 1.82) is 0 Å². The molecule has 1 aromatic heterocycles. The quantitative estimate of drug-likeness (QED) is 0.702. The minimum atomic E-state index is -0.123. The summed E-state index contributed by atoms with van der Waals surface area (Å²) in [6.45, 7) is 0.424. The largest absolute Gasteiger partial charge is 0.497 e. The second-order valence-electron chi connectivity index (χ2n) is 5.07. The Bertz CT molecular complexity index is 855. The predicted molar refractivity (Wildman–Crippen MR) is 93.7 cm³/mol. The predicted octanol–water partition coefficient (Wildman–Crippen LogP) is 3.73. The Hall–Kier alpha value is -2.40. The summed E-state index contributed by atoms with van der Waals surface area (Å²) in [4.78, 5) is 12.1. The molecule has 0 saturated carbocycles. The van der Waals surface area contributed by atoms with Crippen LogP contribution < -0.4 is 10.3 Å². The van der Waals surface area contributed by atoms with E-state index in [0.717, 1.165) is 27.0 Å². The number of hydrogen-bond donors (Lipinski definition) is 0. The van der Waals surface area contributed by atoms with Gasteiger partial charge in [-0.15, -0.1) is 0 Å². The Morgan fingerprint density at radius 3 is 2.35 bits per heavy atom.